The SMILES string of the molecule is COc1cc(OC)c(NC(=O)C(C)NC(=O)C2CCN(S(=O)(=O)c3ccc(C)cc3)CC2)cc1Cl. The molecule has 0 aromatic heterocycles. The molecule has 2 aromatic carbocycles. The average Bonchev–Trinajstić information content (AvgIpc) is 2.84. The van der Waals surface area contributed by atoms with Crippen LogP contribution in [0.3, 0.4) is 0 Å². The quantitative estimate of drug-likeness (QED) is 0.549. The van der Waals surface area contributed by atoms with Crippen LogP contribution in [0, 0.1) is 12.8 Å². The average molecular weight is 524 g/mol. The van der Waals surface area contributed by atoms with Crippen molar-refractivity contribution < 1.29 is 27.5 Å². The van der Waals surface area contributed by atoms with E-state index in [1.807, 2.05) is 6.92 Å². The predicted octanol–water partition coefficient (Wildman–Crippen LogP) is 3.21. The zero-order valence-corrected chi connectivity index (χ0v) is 21.7. The number of carbonyl (C=O) groups excluding carboxylic acids is 2. The molecule has 1 aliphatic heterocycles. The minimum Gasteiger partial charge on any atom is -0.495 e. The van der Waals surface area contributed by atoms with Crippen LogP contribution in [0.4, 0.5) is 5.69 Å². The third-order valence-corrected chi connectivity index (χ3v) is 8.18. The Hall–Kier alpha value is -2.82. The number of carbonyl (C=O) groups is 2. The van der Waals surface area contributed by atoms with E-state index in [0.717, 1.165) is 5.56 Å². The maximum atomic E-state index is 12.9. The van der Waals surface area contributed by atoms with Crippen molar-refractivity contribution in [3.63, 3.8) is 0 Å². The van der Waals surface area contributed by atoms with E-state index in [2.05, 4.69) is 10.6 Å². The maximum Gasteiger partial charge on any atom is 0.246 e. The lowest BCUT2D eigenvalue weighted by Gasteiger charge is -2.31. The van der Waals surface area contributed by atoms with Gasteiger partial charge in [-0.15, -0.1) is 0 Å². The molecule has 1 unspecified atom stereocenters. The van der Waals surface area contributed by atoms with Crippen LogP contribution in [0.1, 0.15) is 25.3 Å². The first-order valence-electron chi connectivity index (χ1n) is 11.2. The largest absolute Gasteiger partial charge is 0.495 e. The molecule has 2 aromatic rings. The van der Waals surface area contributed by atoms with Crippen LogP contribution in [-0.2, 0) is 19.6 Å². The highest BCUT2D eigenvalue weighted by atomic mass is 35.5. The molecule has 190 valence electrons. The summed E-state index contributed by atoms with van der Waals surface area (Å²) in [6, 6.07) is 8.94. The van der Waals surface area contributed by atoms with Gasteiger partial charge in [0.25, 0.3) is 0 Å². The third-order valence-electron chi connectivity index (χ3n) is 5.97. The number of nitrogens with zero attached hydrogens (tertiary/aromatic N) is 1. The summed E-state index contributed by atoms with van der Waals surface area (Å²) in [7, 11) is -0.684. The number of halogens is 1. The van der Waals surface area contributed by atoms with Crippen LogP contribution in [0.5, 0.6) is 11.5 Å². The number of aryl methyl sites for hydroxylation is 1. The minimum atomic E-state index is -3.61. The lowest BCUT2D eigenvalue weighted by atomic mass is 9.97. The third kappa shape index (κ3) is 6.25. The van der Waals surface area contributed by atoms with Crippen molar-refractivity contribution in [1.29, 1.82) is 0 Å². The molecule has 35 heavy (non-hydrogen) atoms. The molecule has 2 N–H and O–H groups in total. The molecule has 1 atom stereocenters. The first-order chi connectivity index (χ1) is 16.6. The molecular weight excluding hydrogens is 494 g/mol. The zero-order valence-electron chi connectivity index (χ0n) is 20.1. The standard InChI is InChI=1S/C24H30ClN3O6S/c1-15-5-7-18(8-6-15)35(31,32)28-11-9-17(10-12-28)24(30)26-16(2)23(29)27-20-13-19(25)21(33-3)14-22(20)34-4/h5-8,13-14,16-17H,9-12H2,1-4H3,(H,26,30)(H,27,29). The number of hydrogen-bond acceptors (Lipinski definition) is 6. The van der Waals surface area contributed by atoms with Gasteiger partial charge in [-0.3, -0.25) is 9.59 Å². The van der Waals surface area contributed by atoms with Gasteiger partial charge in [0.2, 0.25) is 21.8 Å². The van der Waals surface area contributed by atoms with Crippen LogP contribution in [0.15, 0.2) is 41.3 Å². The Morgan fingerprint density at radius 1 is 1.06 bits per heavy atom. The number of hydrogen-bond donors (Lipinski definition) is 2. The fourth-order valence-corrected chi connectivity index (χ4v) is 5.52. The van der Waals surface area contributed by atoms with E-state index in [1.54, 1.807) is 37.3 Å². The van der Waals surface area contributed by atoms with Gasteiger partial charge in [0.15, 0.2) is 0 Å². The molecule has 0 radical (unpaired) electrons. The van der Waals surface area contributed by atoms with Gasteiger partial charge in [0.1, 0.15) is 17.5 Å². The Morgan fingerprint density at radius 2 is 1.66 bits per heavy atom. The number of methoxy groups -OCH3 is 2. The summed E-state index contributed by atoms with van der Waals surface area (Å²) in [6.07, 6.45) is 0.736. The summed E-state index contributed by atoms with van der Waals surface area (Å²) in [5, 5.41) is 5.72. The summed E-state index contributed by atoms with van der Waals surface area (Å²) >= 11 is 6.15. The van der Waals surface area contributed by atoms with E-state index in [9.17, 15) is 18.0 Å². The number of rotatable bonds is 8. The lowest BCUT2D eigenvalue weighted by molar-refractivity contribution is -0.129. The maximum absolute atomic E-state index is 12.9. The summed E-state index contributed by atoms with van der Waals surface area (Å²) in [5.41, 5.74) is 1.32. The monoisotopic (exact) mass is 523 g/mol. The fourth-order valence-electron chi connectivity index (χ4n) is 3.81. The Bertz CT molecular complexity index is 1180. The van der Waals surface area contributed by atoms with Gasteiger partial charge in [-0.25, -0.2) is 8.42 Å². The molecule has 0 bridgehead atoms. The van der Waals surface area contributed by atoms with Gasteiger partial charge in [-0.2, -0.15) is 4.31 Å². The van der Waals surface area contributed by atoms with Crippen molar-refractivity contribution in [2.45, 2.75) is 37.6 Å². The van der Waals surface area contributed by atoms with Crippen molar-refractivity contribution in [3.8, 4) is 11.5 Å². The number of benzene rings is 2. The first-order valence-corrected chi connectivity index (χ1v) is 13.0. The Labute approximate surface area is 210 Å². The second-order valence-electron chi connectivity index (χ2n) is 8.40. The number of ether oxygens (including phenoxy) is 2. The minimum absolute atomic E-state index is 0.233. The molecule has 0 aliphatic carbocycles. The van der Waals surface area contributed by atoms with Crippen LogP contribution >= 0.6 is 11.6 Å². The normalized spacial score (nSPS) is 15.8. The molecule has 2 amide bonds. The highest BCUT2D eigenvalue weighted by Crippen LogP contribution is 2.36. The summed E-state index contributed by atoms with van der Waals surface area (Å²) in [6.45, 7) is 3.93. The van der Waals surface area contributed by atoms with Gasteiger partial charge in [0.05, 0.1) is 29.8 Å². The molecule has 0 spiro atoms. The Balaban J connectivity index is 1.56. The number of amides is 2. The van der Waals surface area contributed by atoms with Crippen LogP contribution in [-0.4, -0.2) is 57.9 Å². The van der Waals surface area contributed by atoms with E-state index in [0.29, 0.717) is 35.1 Å². The first kappa shape index (κ1) is 26.8. The van der Waals surface area contributed by atoms with Crippen LogP contribution < -0.4 is 20.1 Å². The summed E-state index contributed by atoms with van der Waals surface area (Å²) in [4.78, 5) is 25.7. The van der Waals surface area contributed by atoms with E-state index in [4.69, 9.17) is 21.1 Å². The van der Waals surface area contributed by atoms with Crippen molar-refractivity contribution in [1.82, 2.24) is 9.62 Å². The number of nitrogens with one attached hydrogen (secondary N) is 2. The highest BCUT2D eigenvalue weighted by molar-refractivity contribution is 7.89. The summed E-state index contributed by atoms with van der Waals surface area (Å²) in [5.74, 6) is -0.365. The zero-order chi connectivity index (χ0) is 25.8. The second-order valence-corrected chi connectivity index (χ2v) is 10.7. The molecule has 3 rings (SSSR count). The molecule has 1 aliphatic rings. The van der Waals surface area contributed by atoms with Crippen LogP contribution in [0.25, 0.3) is 0 Å². The molecule has 1 fully saturated rings. The van der Waals surface area contributed by atoms with Crippen molar-refractivity contribution in [2.24, 2.45) is 5.92 Å². The molecular formula is C24H30ClN3O6S. The van der Waals surface area contributed by atoms with E-state index in [1.165, 1.54) is 24.6 Å². The van der Waals surface area contributed by atoms with Crippen molar-refractivity contribution in [3.05, 3.63) is 47.0 Å². The lowest BCUT2D eigenvalue weighted by Crippen LogP contribution is -2.47. The van der Waals surface area contributed by atoms with E-state index in [-0.39, 0.29) is 29.8 Å². The highest BCUT2D eigenvalue weighted by Gasteiger charge is 2.33. The Kier molecular flexibility index (Phi) is 8.63. The molecule has 1 heterocycles. The van der Waals surface area contributed by atoms with Gasteiger partial charge in [-0.1, -0.05) is 29.3 Å². The second kappa shape index (κ2) is 11.3. The number of piperidine rings is 1. The topological polar surface area (TPSA) is 114 Å². The summed E-state index contributed by atoms with van der Waals surface area (Å²) < 4.78 is 37.6. The van der Waals surface area contributed by atoms with Crippen molar-refractivity contribution >= 4 is 39.1 Å². The van der Waals surface area contributed by atoms with E-state index < -0.39 is 22.0 Å². The fraction of sp³-hybridized carbons (Fsp3) is 0.417. The van der Waals surface area contributed by atoms with E-state index >= 15 is 0 Å². The smallest absolute Gasteiger partial charge is 0.246 e. The molecule has 1 saturated heterocycles. The predicted molar refractivity (Wildman–Crippen MR) is 133 cm³/mol. The number of sulfonamides is 1. The van der Waals surface area contributed by atoms with Crippen LogP contribution in [0.2, 0.25) is 5.02 Å². The number of anilines is 1. The molecule has 11 heteroatoms. The Morgan fingerprint density at radius 3 is 2.23 bits per heavy atom. The van der Waals surface area contributed by atoms with Gasteiger partial charge >= 0.3 is 0 Å². The van der Waals surface area contributed by atoms with Gasteiger partial charge < -0.3 is 20.1 Å². The van der Waals surface area contributed by atoms with Gasteiger partial charge in [-0.05, 0) is 44.9 Å². The molecule has 0 saturated carbocycles. The van der Waals surface area contributed by atoms with Gasteiger partial charge in [0, 0.05) is 25.1 Å². The van der Waals surface area contributed by atoms with Crippen molar-refractivity contribution in [2.75, 3.05) is 32.6 Å². The molecule has 9 nitrogen and oxygen atoms in total.